The Morgan fingerprint density at radius 3 is 2.47 bits per heavy atom. The number of carbonyl (C=O) groups excluding carboxylic acids is 3. The van der Waals surface area contributed by atoms with Gasteiger partial charge in [-0.25, -0.2) is 9.69 Å². The molecule has 2 aromatic rings. The van der Waals surface area contributed by atoms with Crippen LogP contribution in [0, 0.1) is 10.1 Å². The number of carbonyl (C=O) groups is 3. The van der Waals surface area contributed by atoms with Gasteiger partial charge in [0.2, 0.25) is 0 Å². The highest BCUT2D eigenvalue weighted by molar-refractivity contribution is 6.39. The number of imide groups is 2. The Morgan fingerprint density at radius 2 is 1.83 bits per heavy atom. The lowest BCUT2D eigenvalue weighted by Gasteiger charge is -2.28. The van der Waals surface area contributed by atoms with Gasteiger partial charge < -0.3 is 4.90 Å². The fourth-order valence-corrected chi connectivity index (χ4v) is 3.23. The number of para-hydroxylation sites is 1. The van der Waals surface area contributed by atoms with Gasteiger partial charge >= 0.3 is 6.03 Å². The highest BCUT2D eigenvalue weighted by atomic mass is 16.6. The van der Waals surface area contributed by atoms with Crippen LogP contribution < -0.4 is 15.1 Å². The first-order valence-electron chi connectivity index (χ1n) is 9.19. The number of barbiturate groups is 1. The smallest absolute Gasteiger partial charge is 0.335 e. The normalized spacial score (nSPS) is 15.4. The number of nitrogens with one attached hydrogen (secondary N) is 1. The van der Waals surface area contributed by atoms with Gasteiger partial charge in [-0.1, -0.05) is 31.2 Å². The van der Waals surface area contributed by atoms with Crippen LogP contribution in [0.15, 0.2) is 48.0 Å². The second-order valence-corrected chi connectivity index (χ2v) is 6.84. The van der Waals surface area contributed by atoms with Crippen molar-refractivity contribution in [3.8, 4) is 0 Å². The molecule has 1 aliphatic heterocycles. The summed E-state index contributed by atoms with van der Waals surface area (Å²) in [6.07, 6.45) is 1.83. The van der Waals surface area contributed by atoms with Crippen LogP contribution >= 0.6 is 0 Å². The maximum atomic E-state index is 13.0. The summed E-state index contributed by atoms with van der Waals surface area (Å²) in [7, 11) is 3.35. The van der Waals surface area contributed by atoms with Gasteiger partial charge in [0.1, 0.15) is 11.3 Å². The number of nitrogens with zero attached hydrogens (tertiary/aromatic N) is 3. The summed E-state index contributed by atoms with van der Waals surface area (Å²) in [5.41, 5.74) is 1.38. The Hall–Kier alpha value is -4.01. The molecule has 9 nitrogen and oxygen atoms in total. The Bertz CT molecular complexity index is 1090. The summed E-state index contributed by atoms with van der Waals surface area (Å²) in [6, 6.07) is 10.4. The van der Waals surface area contributed by atoms with E-state index in [1.807, 2.05) is 6.92 Å². The zero-order valence-corrected chi connectivity index (χ0v) is 16.7. The summed E-state index contributed by atoms with van der Waals surface area (Å²) in [5.74, 6) is -1.64. The highest BCUT2D eigenvalue weighted by Crippen LogP contribution is 2.30. The van der Waals surface area contributed by atoms with E-state index < -0.39 is 22.8 Å². The van der Waals surface area contributed by atoms with Crippen molar-refractivity contribution in [2.45, 2.75) is 13.3 Å². The molecule has 1 fully saturated rings. The molecule has 9 heteroatoms. The van der Waals surface area contributed by atoms with Crippen molar-refractivity contribution >= 4 is 41.0 Å². The molecule has 0 aliphatic carbocycles. The highest BCUT2D eigenvalue weighted by Gasteiger charge is 2.37. The Kier molecular flexibility index (Phi) is 5.63. The van der Waals surface area contributed by atoms with Crippen LogP contribution in [0.2, 0.25) is 0 Å². The summed E-state index contributed by atoms with van der Waals surface area (Å²) in [5, 5.41) is 13.6. The minimum atomic E-state index is -0.852. The first kappa shape index (κ1) is 20.7. The topological polar surface area (TPSA) is 113 Å². The maximum absolute atomic E-state index is 13.0. The minimum Gasteiger partial charge on any atom is -0.372 e. The molecular formula is C21H20N4O5. The van der Waals surface area contributed by atoms with Crippen LogP contribution in [0.25, 0.3) is 6.08 Å². The van der Waals surface area contributed by atoms with E-state index in [0.717, 1.165) is 10.5 Å². The fourth-order valence-electron chi connectivity index (χ4n) is 3.23. The van der Waals surface area contributed by atoms with Crippen molar-refractivity contribution < 1.29 is 19.3 Å². The lowest BCUT2D eigenvalue weighted by Crippen LogP contribution is -2.54. The number of anilines is 2. The van der Waals surface area contributed by atoms with Gasteiger partial charge in [-0.15, -0.1) is 0 Å². The number of hydrogen-bond acceptors (Lipinski definition) is 6. The molecule has 1 saturated heterocycles. The fraction of sp³-hybridized carbons (Fsp3) is 0.190. The molecule has 0 aromatic heterocycles. The second-order valence-electron chi connectivity index (χ2n) is 6.84. The monoisotopic (exact) mass is 408 g/mol. The van der Waals surface area contributed by atoms with E-state index in [1.54, 1.807) is 49.3 Å². The first-order chi connectivity index (χ1) is 14.2. The van der Waals surface area contributed by atoms with Gasteiger partial charge in [-0.3, -0.25) is 25.0 Å². The summed E-state index contributed by atoms with van der Waals surface area (Å²) >= 11 is 0. The van der Waals surface area contributed by atoms with Crippen LogP contribution in [0.4, 0.5) is 21.9 Å². The first-order valence-corrected chi connectivity index (χ1v) is 9.19. The van der Waals surface area contributed by atoms with E-state index in [-0.39, 0.29) is 11.3 Å². The number of aryl methyl sites for hydroxylation is 1. The number of benzene rings is 2. The van der Waals surface area contributed by atoms with Crippen LogP contribution in [0.1, 0.15) is 18.1 Å². The number of urea groups is 1. The molecule has 0 unspecified atom stereocenters. The second kappa shape index (κ2) is 8.16. The van der Waals surface area contributed by atoms with Crippen LogP contribution in [-0.4, -0.2) is 36.9 Å². The third kappa shape index (κ3) is 3.77. The van der Waals surface area contributed by atoms with Crippen molar-refractivity contribution in [1.82, 2.24) is 5.32 Å². The molecule has 1 aliphatic rings. The largest absolute Gasteiger partial charge is 0.372 e. The number of hydrogen-bond donors (Lipinski definition) is 1. The molecule has 0 atom stereocenters. The molecule has 30 heavy (non-hydrogen) atoms. The predicted octanol–water partition coefficient (Wildman–Crippen LogP) is 2.89. The SMILES string of the molecule is CCc1ccccc1N1C(=O)NC(=O)C(=Cc2ccc(N(C)C)c([N+](=O)[O-])c2)C1=O. The lowest BCUT2D eigenvalue weighted by atomic mass is 10.0. The Balaban J connectivity index is 2.07. The quantitative estimate of drug-likeness (QED) is 0.352. The average molecular weight is 408 g/mol. The molecule has 154 valence electrons. The van der Waals surface area contributed by atoms with Gasteiger partial charge in [0.05, 0.1) is 10.6 Å². The third-order valence-corrected chi connectivity index (χ3v) is 4.70. The molecule has 0 spiro atoms. The molecular weight excluding hydrogens is 388 g/mol. The zero-order valence-electron chi connectivity index (χ0n) is 16.7. The third-order valence-electron chi connectivity index (χ3n) is 4.70. The maximum Gasteiger partial charge on any atom is 0.335 e. The van der Waals surface area contributed by atoms with Crippen molar-refractivity contribution in [1.29, 1.82) is 0 Å². The van der Waals surface area contributed by atoms with Crippen LogP contribution in [0.3, 0.4) is 0 Å². The van der Waals surface area contributed by atoms with Crippen LogP contribution in [0.5, 0.6) is 0 Å². The van der Waals surface area contributed by atoms with E-state index in [9.17, 15) is 24.5 Å². The van der Waals surface area contributed by atoms with Crippen molar-refractivity contribution in [2.75, 3.05) is 23.9 Å². The summed E-state index contributed by atoms with van der Waals surface area (Å²) in [4.78, 5) is 51.2. The number of rotatable bonds is 5. The van der Waals surface area contributed by atoms with Gasteiger partial charge in [0.25, 0.3) is 17.5 Å². The Morgan fingerprint density at radius 1 is 1.13 bits per heavy atom. The molecule has 3 rings (SSSR count). The van der Waals surface area contributed by atoms with E-state index in [4.69, 9.17) is 0 Å². The summed E-state index contributed by atoms with van der Waals surface area (Å²) in [6.45, 7) is 1.89. The molecule has 2 aromatic carbocycles. The van der Waals surface area contributed by atoms with Gasteiger partial charge in [-0.2, -0.15) is 0 Å². The molecule has 0 saturated carbocycles. The van der Waals surface area contributed by atoms with Gasteiger partial charge in [0.15, 0.2) is 0 Å². The van der Waals surface area contributed by atoms with E-state index in [1.165, 1.54) is 18.2 Å². The van der Waals surface area contributed by atoms with Crippen LogP contribution in [-0.2, 0) is 16.0 Å². The molecule has 0 bridgehead atoms. The minimum absolute atomic E-state index is 0.165. The average Bonchev–Trinajstić information content (AvgIpc) is 2.71. The van der Waals surface area contributed by atoms with E-state index >= 15 is 0 Å². The van der Waals surface area contributed by atoms with Gasteiger partial charge in [0, 0.05) is 20.2 Å². The van der Waals surface area contributed by atoms with E-state index in [0.29, 0.717) is 23.4 Å². The standard InChI is InChI=1S/C21H20N4O5/c1-4-14-7-5-6-8-16(14)24-20(27)15(19(26)22-21(24)28)11-13-9-10-17(23(2)3)18(12-13)25(29)30/h5-12H,4H2,1-3H3,(H,22,26,28). The summed E-state index contributed by atoms with van der Waals surface area (Å²) < 4.78 is 0. The van der Waals surface area contributed by atoms with Crippen molar-refractivity contribution in [2.24, 2.45) is 0 Å². The molecule has 0 radical (unpaired) electrons. The van der Waals surface area contributed by atoms with Gasteiger partial charge in [-0.05, 0) is 35.8 Å². The lowest BCUT2D eigenvalue weighted by molar-refractivity contribution is -0.384. The van der Waals surface area contributed by atoms with Crippen molar-refractivity contribution in [3.05, 3.63) is 69.3 Å². The Labute approximate surface area is 172 Å². The molecule has 1 N–H and O–H groups in total. The zero-order chi connectivity index (χ0) is 22.0. The number of nitro groups is 1. The number of nitro benzene ring substituents is 1. The van der Waals surface area contributed by atoms with Crippen molar-refractivity contribution in [3.63, 3.8) is 0 Å². The predicted molar refractivity (Wildman–Crippen MR) is 112 cm³/mol. The van der Waals surface area contributed by atoms with E-state index in [2.05, 4.69) is 5.32 Å². The molecule has 1 heterocycles. The molecule has 4 amide bonds. The number of amides is 4.